The Kier molecular flexibility index (Phi) is 3.88. The van der Waals surface area contributed by atoms with Gasteiger partial charge in [-0.15, -0.1) is 6.58 Å². The van der Waals surface area contributed by atoms with E-state index in [0.29, 0.717) is 24.5 Å². The van der Waals surface area contributed by atoms with Crippen molar-refractivity contribution in [2.45, 2.75) is 13.3 Å². The van der Waals surface area contributed by atoms with E-state index in [1.54, 1.807) is 6.07 Å². The van der Waals surface area contributed by atoms with Gasteiger partial charge in [-0.05, 0) is 6.92 Å². The van der Waals surface area contributed by atoms with Crippen molar-refractivity contribution in [2.75, 3.05) is 12.3 Å². The Labute approximate surface area is 93.7 Å². The normalized spacial score (nSPS) is 9.81. The second kappa shape index (κ2) is 5.16. The molecule has 1 rings (SSSR count). The van der Waals surface area contributed by atoms with Gasteiger partial charge < -0.3 is 10.5 Å². The van der Waals surface area contributed by atoms with Crippen LogP contribution in [0.25, 0.3) is 0 Å². The lowest BCUT2D eigenvalue weighted by Crippen LogP contribution is -1.99. The maximum Gasteiger partial charge on any atom is 0.275 e. The summed E-state index contributed by atoms with van der Waals surface area (Å²) >= 11 is 0. The number of rotatable bonds is 5. The Morgan fingerprint density at radius 3 is 2.81 bits per heavy atom. The molecule has 0 unspecified atom stereocenters. The highest BCUT2D eigenvalue weighted by atomic mass is 16.6. The second-order valence-electron chi connectivity index (χ2n) is 3.57. The Bertz CT molecular complexity index is 416. The van der Waals surface area contributed by atoms with Crippen LogP contribution < -0.4 is 10.5 Å². The predicted molar refractivity (Wildman–Crippen MR) is 62.4 cm³/mol. The fourth-order valence-electron chi connectivity index (χ4n) is 1.14. The molecule has 0 aliphatic heterocycles. The molecule has 0 aliphatic carbocycles. The number of nitrogen functional groups attached to an aromatic ring is 1. The van der Waals surface area contributed by atoms with Gasteiger partial charge in [0.05, 0.1) is 17.6 Å². The Morgan fingerprint density at radius 2 is 2.25 bits per heavy atom. The molecule has 0 spiro atoms. The number of anilines is 1. The molecule has 86 valence electrons. The third-order valence-corrected chi connectivity index (χ3v) is 1.92. The predicted octanol–water partition coefficient (Wildman–Crippen LogP) is 2.52. The minimum absolute atomic E-state index is 0.0645. The fraction of sp³-hybridized carbons (Fsp3) is 0.273. The van der Waals surface area contributed by atoms with E-state index in [0.717, 1.165) is 5.57 Å². The molecule has 0 bridgehead atoms. The highest BCUT2D eigenvalue weighted by Crippen LogP contribution is 2.24. The van der Waals surface area contributed by atoms with E-state index in [4.69, 9.17) is 10.5 Å². The summed E-state index contributed by atoms with van der Waals surface area (Å²) in [7, 11) is 0. The molecule has 0 saturated heterocycles. The van der Waals surface area contributed by atoms with Crippen molar-refractivity contribution in [1.29, 1.82) is 0 Å². The van der Waals surface area contributed by atoms with Crippen LogP contribution >= 0.6 is 0 Å². The van der Waals surface area contributed by atoms with Gasteiger partial charge in [0.1, 0.15) is 5.75 Å². The Morgan fingerprint density at radius 1 is 1.56 bits per heavy atom. The molecule has 16 heavy (non-hydrogen) atoms. The van der Waals surface area contributed by atoms with Crippen molar-refractivity contribution in [3.63, 3.8) is 0 Å². The summed E-state index contributed by atoms with van der Waals surface area (Å²) in [6.45, 7) is 6.07. The van der Waals surface area contributed by atoms with Crippen LogP contribution in [0.2, 0.25) is 0 Å². The first-order valence-corrected chi connectivity index (χ1v) is 4.81. The van der Waals surface area contributed by atoms with Crippen LogP contribution in [-0.4, -0.2) is 11.5 Å². The van der Waals surface area contributed by atoms with E-state index in [1.807, 2.05) is 6.92 Å². The zero-order valence-corrected chi connectivity index (χ0v) is 9.10. The molecule has 0 saturated carbocycles. The van der Waals surface area contributed by atoms with Crippen LogP contribution in [-0.2, 0) is 0 Å². The number of nitrogens with two attached hydrogens (primary N) is 1. The van der Waals surface area contributed by atoms with Crippen LogP contribution in [0.5, 0.6) is 5.75 Å². The lowest BCUT2D eigenvalue weighted by atomic mass is 10.2. The van der Waals surface area contributed by atoms with Gasteiger partial charge in [-0.1, -0.05) is 5.57 Å². The van der Waals surface area contributed by atoms with Gasteiger partial charge in [0.25, 0.3) is 5.69 Å². The quantitative estimate of drug-likeness (QED) is 0.359. The number of hydrogen-bond acceptors (Lipinski definition) is 4. The molecule has 0 fully saturated rings. The highest BCUT2D eigenvalue weighted by molar-refractivity contribution is 5.53. The zero-order chi connectivity index (χ0) is 12.1. The molecule has 0 amide bonds. The smallest absolute Gasteiger partial charge is 0.275 e. The minimum atomic E-state index is -0.498. The number of nitro benzene ring substituents is 1. The van der Waals surface area contributed by atoms with Crippen LogP contribution in [0.4, 0.5) is 11.4 Å². The van der Waals surface area contributed by atoms with Gasteiger partial charge in [-0.2, -0.15) is 0 Å². The molecular formula is C11H14N2O3. The van der Waals surface area contributed by atoms with Crippen molar-refractivity contribution in [3.05, 3.63) is 40.5 Å². The van der Waals surface area contributed by atoms with Gasteiger partial charge in [-0.25, -0.2) is 0 Å². The maximum atomic E-state index is 10.6. The van der Waals surface area contributed by atoms with Gasteiger partial charge in [0.2, 0.25) is 0 Å². The van der Waals surface area contributed by atoms with Crippen molar-refractivity contribution >= 4 is 11.4 Å². The van der Waals surface area contributed by atoms with Crippen LogP contribution in [0.1, 0.15) is 13.3 Å². The summed E-state index contributed by atoms with van der Waals surface area (Å²) in [5.41, 5.74) is 6.78. The lowest BCUT2D eigenvalue weighted by molar-refractivity contribution is -0.384. The summed E-state index contributed by atoms with van der Waals surface area (Å²) in [5, 5.41) is 10.6. The van der Waals surface area contributed by atoms with Crippen molar-refractivity contribution in [3.8, 4) is 5.75 Å². The first-order valence-electron chi connectivity index (χ1n) is 4.81. The van der Waals surface area contributed by atoms with E-state index >= 15 is 0 Å². The molecular weight excluding hydrogens is 208 g/mol. The number of nitro groups is 1. The maximum absolute atomic E-state index is 10.6. The van der Waals surface area contributed by atoms with Crippen LogP contribution in [0, 0.1) is 10.1 Å². The van der Waals surface area contributed by atoms with Crippen LogP contribution in [0.3, 0.4) is 0 Å². The Hall–Kier alpha value is -2.04. The largest absolute Gasteiger partial charge is 0.493 e. The first kappa shape index (κ1) is 12.0. The van der Waals surface area contributed by atoms with Crippen molar-refractivity contribution in [2.24, 2.45) is 0 Å². The fourth-order valence-corrected chi connectivity index (χ4v) is 1.14. The average Bonchev–Trinajstić information content (AvgIpc) is 2.16. The SMILES string of the molecule is C=C(C)CCOc1cc(N)cc([N+](=O)[O-])c1. The topological polar surface area (TPSA) is 78.4 Å². The third-order valence-electron chi connectivity index (χ3n) is 1.92. The molecule has 0 aliphatic rings. The number of nitrogens with zero attached hydrogens (tertiary/aromatic N) is 1. The first-order chi connectivity index (χ1) is 7.49. The van der Waals surface area contributed by atoms with Gasteiger partial charge in [-0.3, -0.25) is 10.1 Å². The Balaban J connectivity index is 2.72. The average molecular weight is 222 g/mol. The molecule has 0 atom stereocenters. The molecule has 0 aromatic heterocycles. The van der Waals surface area contributed by atoms with E-state index in [-0.39, 0.29) is 5.69 Å². The standard InChI is InChI=1S/C11H14N2O3/c1-8(2)3-4-16-11-6-9(12)5-10(7-11)13(14)15/h5-7H,1,3-4,12H2,2H3. The summed E-state index contributed by atoms with van der Waals surface area (Å²) in [6.07, 6.45) is 0.711. The van der Waals surface area contributed by atoms with Crippen molar-refractivity contribution in [1.82, 2.24) is 0 Å². The van der Waals surface area contributed by atoms with Crippen LogP contribution in [0.15, 0.2) is 30.4 Å². The number of ether oxygens (including phenoxy) is 1. The molecule has 1 aromatic rings. The van der Waals surface area contributed by atoms with Gasteiger partial charge in [0.15, 0.2) is 0 Å². The summed E-state index contributed by atoms with van der Waals surface area (Å²) in [6, 6.07) is 4.21. The van der Waals surface area contributed by atoms with E-state index < -0.39 is 4.92 Å². The van der Waals surface area contributed by atoms with E-state index in [2.05, 4.69) is 6.58 Å². The zero-order valence-electron chi connectivity index (χ0n) is 9.10. The summed E-state index contributed by atoms with van der Waals surface area (Å²) < 4.78 is 5.34. The number of hydrogen-bond donors (Lipinski definition) is 1. The van der Waals surface area contributed by atoms with E-state index in [1.165, 1.54) is 12.1 Å². The summed E-state index contributed by atoms with van der Waals surface area (Å²) in [4.78, 5) is 10.1. The third kappa shape index (κ3) is 3.61. The second-order valence-corrected chi connectivity index (χ2v) is 3.57. The van der Waals surface area contributed by atoms with Crippen molar-refractivity contribution < 1.29 is 9.66 Å². The molecule has 2 N–H and O–H groups in total. The number of benzene rings is 1. The molecule has 1 aromatic carbocycles. The van der Waals surface area contributed by atoms with E-state index in [9.17, 15) is 10.1 Å². The minimum Gasteiger partial charge on any atom is -0.493 e. The molecule has 0 radical (unpaired) electrons. The molecule has 5 nitrogen and oxygen atoms in total. The van der Waals surface area contributed by atoms with Gasteiger partial charge in [0, 0.05) is 24.2 Å². The summed E-state index contributed by atoms with van der Waals surface area (Å²) in [5.74, 6) is 0.410. The highest BCUT2D eigenvalue weighted by Gasteiger charge is 2.08. The lowest BCUT2D eigenvalue weighted by Gasteiger charge is -2.06. The monoisotopic (exact) mass is 222 g/mol. The molecule has 5 heteroatoms. The number of non-ortho nitro benzene ring substituents is 1. The van der Waals surface area contributed by atoms with Gasteiger partial charge >= 0.3 is 0 Å². The molecule has 0 heterocycles.